The molecule has 0 bridgehead atoms. The van der Waals surface area contributed by atoms with E-state index in [-0.39, 0.29) is 29.6 Å². The molecule has 3 rings (SSSR count). The lowest BCUT2D eigenvalue weighted by Crippen LogP contribution is -2.43. The molecule has 0 aliphatic rings. The Morgan fingerprint density at radius 3 is 2.31 bits per heavy atom. The maximum atomic E-state index is 12.7. The predicted molar refractivity (Wildman–Crippen MR) is 108 cm³/mol. The zero-order valence-electron chi connectivity index (χ0n) is 17.1. The van der Waals surface area contributed by atoms with Crippen LogP contribution in [0.3, 0.4) is 0 Å². The highest BCUT2D eigenvalue weighted by Gasteiger charge is 2.19. The first kappa shape index (κ1) is 20.2. The van der Waals surface area contributed by atoms with Crippen molar-refractivity contribution < 1.29 is 9.59 Å². The maximum Gasteiger partial charge on any atom is 0.290 e. The highest BCUT2D eigenvalue weighted by molar-refractivity contribution is 6.05. The first-order chi connectivity index (χ1) is 13.7. The number of nitrogens with zero attached hydrogens (tertiary/aromatic N) is 4. The van der Waals surface area contributed by atoms with Gasteiger partial charge in [0.25, 0.3) is 11.5 Å². The van der Waals surface area contributed by atoms with Gasteiger partial charge in [-0.1, -0.05) is 18.2 Å². The van der Waals surface area contributed by atoms with Crippen LogP contribution in [0, 0.1) is 13.8 Å². The Hall–Kier alpha value is -3.49. The number of carbonyl (C=O) groups excluding carboxylic acids is 2. The topological polar surface area (TPSA) is 111 Å². The lowest BCUT2D eigenvalue weighted by molar-refractivity contribution is -0.121. The molecule has 29 heavy (non-hydrogen) atoms. The molecular formula is C20H24N6O3. The molecule has 2 heterocycles. The van der Waals surface area contributed by atoms with Gasteiger partial charge in [-0.05, 0) is 33.8 Å². The van der Waals surface area contributed by atoms with Gasteiger partial charge in [0.05, 0.1) is 23.5 Å². The van der Waals surface area contributed by atoms with E-state index in [0.29, 0.717) is 10.8 Å². The van der Waals surface area contributed by atoms with Crippen LogP contribution in [0.2, 0.25) is 0 Å². The van der Waals surface area contributed by atoms with Crippen LogP contribution in [0.15, 0.2) is 29.1 Å². The van der Waals surface area contributed by atoms with Gasteiger partial charge in [0.15, 0.2) is 5.69 Å². The van der Waals surface area contributed by atoms with E-state index in [2.05, 4.69) is 21.0 Å². The van der Waals surface area contributed by atoms with E-state index in [4.69, 9.17) is 0 Å². The van der Waals surface area contributed by atoms with Gasteiger partial charge in [-0.3, -0.25) is 29.9 Å². The summed E-state index contributed by atoms with van der Waals surface area (Å²) in [6, 6.07) is 6.56. The van der Waals surface area contributed by atoms with E-state index in [1.807, 2.05) is 34.7 Å². The second-order valence-corrected chi connectivity index (χ2v) is 7.19. The van der Waals surface area contributed by atoms with E-state index < -0.39 is 5.91 Å². The fourth-order valence-corrected chi connectivity index (χ4v) is 3.19. The van der Waals surface area contributed by atoms with Gasteiger partial charge in [-0.15, -0.1) is 0 Å². The Bertz CT molecular complexity index is 1160. The predicted octanol–water partition coefficient (Wildman–Crippen LogP) is 1.33. The quantitative estimate of drug-likeness (QED) is 0.647. The summed E-state index contributed by atoms with van der Waals surface area (Å²) in [5.41, 5.74) is 7.10. The zero-order valence-corrected chi connectivity index (χ0v) is 17.1. The number of fused-ring (bicyclic) bond motifs is 1. The van der Waals surface area contributed by atoms with Crippen LogP contribution in [0.5, 0.6) is 0 Å². The Balaban J connectivity index is 1.82. The highest BCUT2D eigenvalue weighted by Crippen LogP contribution is 2.15. The van der Waals surface area contributed by atoms with Crippen molar-refractivity contribution in [2.75, 3.05) is 0 Å². The summed E-state index contributed by atoms with van der Waals surface area (Å²) in [5.74, 6) is -0.970. The second kappa shape index (κ2) is 7.86. The number of hydrazine groups is 1. The molecule has 9 nitrogen and oxygen atoms in total. The zero-order chi connectivity index (χ0) is 21.3. The molecule has 2 amide bonds. The summed E-state index contributed by atoms with van der Waals surface area (Å²) in [6.45, 7) is 7.34. The number of amides is 2. The van der Waals surface area contributed by atoms with Gasteiger partial charge in [-0.2, -0.15) is 10.2 Å². The maximum absolute atomic E-state index is 12.7. The van der Waals surface area contributed by atoms with Crippen molar-refractivity contribution in [3.05, 3.63) is 57.3 Å². The van der Waals surface area contributed by atoms with Crippen LogP contribution < -0.4 is 16.4 Å². The van der Waals surface area contributed by atoms with Crippen molar-refractivity contribution in [2.24, 2.45) is 7.05 Å². The molecule has 0 fully saturated rings. The summed E-state index contributed by atoms with van der Waals surface area (Å²) in [5, 5.41) is 9.33. The molecule has 0 saturated heterocycles. The monoisotopic (exact) mass is 396 g/mol. The third kappa shape index (κ3) is 3.89. The van der Waals surface area contributed by atoms with Crippen LogP contribution in [-0.4, -0.2) is 31.4 Å². The van der Waals surface area contributed by atoms with Crippen molar-refractivity contribution in [2.45, 2.75) is 40.2 Å². The number of rotatable bonds is 4. The molecule has 0 spiro atoms. The molecule has 0 saturated carbocycles. The normalized spacial score (nSPS) is 11.1. The van der Waals surface area contributed by atoms with Crippen LogP contribution in [0.25, 0.3) is 10.8 Å². The molecule has 2 N–H and O–H groups in total. The third-order valence-electron chi connectivity index (χ3n) is 4.84. The Kier molecular flexibility index (Phi) is 5.49. The van der Waals surface area contributed by atoms with Gasteiger partial charge in [0, 0.05) is 23.7 Å². The molecule has 0 aliphatic carbocycles. The van der Waals surface area contributed by atoms with E-state index in [0.717, 1.165) is 17.0 Å². The summed E-state index contributed by atoms with van der Waals surface area (Å²) in [4.78, 5) is 37.6. The molecule has 1 aromatic carbocycles. The number of aryl methyl sites for hydroxylation is 2. The Labute approximate surface area is 167 Å². The third-order valence-corrected chi connectivity index (χ3v) is 4.84. The molecule has 0 radical (unpaired) electrons. The van der Waals surface area contributed by atoms with Crippen LogP contribution >= 0.6 is 0 Å². The first-order valence-corrected chi connectivity index (χ1v) is 9.30. The lowest BCUT2D eigenvalue weighted by Gasteiger charge is -2.13. The number of carbonyl (C=O) groups is 2. The van der Waals surface area contributed by atoms with Gasteiger partial charge >= 0.3 is 0 Å². The SMILES string of the molecule is Cc1nn(C)c(C)c1CC(=O)NNC(=O)c1nn(C(C)C)c(=O)c2ccccc12. The van der Waals surface area contributed by atoms with Crippen LogP contribution in [-0.2, 0) is 18.3 Å². The van der Waals surface area contributed by atoms with Crippen LogP contribution in [0.1, 0.15) is 47.3 Å². The molecule has 3 aromatic rings. The van der Waals surface area contributed by atoms with E-state index >= 15 is 0 Å². The van der Waals surface area contributed by atoms with Crippen molar-refractivity contribution in [1.82, 2.24) is 30.4 Å². The first-order valence-electron chi connectivity index (χ1n) is 9.30. The molecule has 0 atom stereocenters. The smallest absolute Gasteiger partial charge is 0.273 e. The second-order valence-electron chi connectivity index (χ2n) is 7.19. The number of hydrogen-bond acceptors (Lipinski definition) is 5. The average Bonchev–Trinajstić information content (AvgIpc) is 2.92. The fourth-order valence-electron chi connectivity index (χ4n) is 3.19. The number of hydrogen-bond donors (Lipinski definition) is 2. The highest BCUT2D eigenvalue weighted by atomic mass is 16.2. The van der Waals surface area contributed by atoms with Crippen molar-refractivity contribution in [3.8, 4) is 0 Å². The number of benzene rings is 1. The minimum atomic E-state index is -0.594. The fraction of sp³-hybridized carbons (Fsp3) is 0.350. The lowest BCUT2D eigenvalue weighted by atomic mass is 10.1. The Morgan fingerprint density at radius 1 is 1.07 bits per heavy atom. The van der Waals surface area contributed by atoms with Gasteiger partial charge in [-0.25, -0.2) is 4.68 Å². The molecular weight excluding hydrogens is 372 g/mol. The van der Waals surface area contributed by atoms with E-state index in [9.17, 15) is 14.4 Å². The molecule has 152 valence electrons. The minimum Gasteiger partial charge on any atom is -0.273 e. The van der Waals surface area contributed by atoms with Crippen molar-refractivity contribution in [1.29, 1.82) is 0 Å². The number of aromatic nitrogens is 4. The van der Waals surface area contributed by atoms with Crippen molar-refractivity contribution in [3.63, 3.8) is 0 Å². The van der Waals surface area contributed by atoms with Gasteiger partial charge in [0.1, 0.15) is 0 Å². The van der Waals surface area contributed by atoms with Gasteiger partial charge < -0.3 is 0 Å². The molecule has 0 aliphatic heterocycles. The average molecular weight is 396 g/mol. The summed E-state index contributed by atoms with van der Waals surface area (Å²) in [6.07, 6.45) is 0.0887. The van der Waals surface area contributed by atoms with E-state index in [1.165, 1.54) is 4.68 Å². The Morgan fingerprint density at radius 2 is 1.72 bits per heavy atom. The minimum absolute atomic E-state index is 0.0722. The summed E-state index contributed by atoms with van der Waals surface area (Å²) < 4.78 is 2.98. The molecule has 9 heteroatoms. The van der Waals surface area contributed by atoms with Crippen LogP contribution in [0.4, 0.5) is 0 Å². The van der Waals surface area contributed by atoms with Crippen molar-refractivity contribution >= 4 is 22.6 Å². The summed E-state index contributed by atoms with van der Waals surface area (Å²) >= 11 is 0. The van der Waals surface area contributed by atoms with E-state index in [1.54, 1.807) is 28.9 Å². The van der Waals surface area contributed by atoms with Gasteiger partial charge in [0.2, 0.25) is 5.91 Å². The molecule has 0 unspecified atom stereocenters. The number of nitrogens with one attached hydrogen (secondary N) is 2. The largest absolute Gasteiger partial charge is 0.290 e. The summed E-state index contributed by atoms with van der Waals surface area (Å²) in [7, 11) is 1.81. The standard InChI is InChI=1S/C20H24N6O3/c1-11(2)26-20(29)15-9-7-6-8-14(15)18(24-26)19(28)22-21-17(27)10-16-12(3)23-25(5)13(16)4/h6-9,11H,10H2,1-5H3,(H,21,27)(H,22,28). The molecule has 2 aromatic heterocycles.